The minimum Gasteiger partial charge on any atom is -0.354 e. The molecule has 0 radical (unpaired) electrons. The van der Waals surface area contributed by atoms with Gasteiger partial charge in [0.25, 0.3) is 0 Å². The van der Waals surface area contributed by atoms with Crippen molar-refractivity contribution in [3.63, 3.8) is 0 Å². The van der Waals surface area contributed by atoms with Crippen molar-refractivity contribution in [3.8, 4) is 11.3 Å². The van der Waals surface area contributed by atoms with E-state index < -0.39 is 0 Å². The van der Waals surface area contributed by atoms with Crippen LogP contribution in [0.5, 0.6) is 0 Å². The lowest BCUT2D eigenvalue weighted by Gasteiger charge is -2.35. The van der Waals surface area contributed by atoms with Crippen LogP contribution in [0, 0.1) is 5.82 Å². The molecule has 144 valence electrons. The Morgan fingerprint density at radius 1 is 0.929 bits per heavy atom. The molecule has 1 N–H and O–H groups in total. The number of nitrogens with zero attached hydrogens (tertiary/aromatic N) is 4. The van der Waals surface area contributed by atoms with Crippen molar-refractivity contribution in [1.82, 2.24) is 14.9 Å². The Morgan fingerprint density at radius 3 is 2.32 bits per heavy atom. The van der Waals surface area contributed by atoms with Crippen LogP contribution in [0.25, 0.3) is 11.3 Å². The highest BCUT2D eigenvalue weighted by molar-refractivity contribution is 5.66. The average molecular weight is 377 g/mol. The summed E-state index contributed by atoms with van der Waals surface area (Å²) in [5, 5.41) is 3.21. The predicted molar refractivity (Wildman–Crippen MR) is 111 cm³/mol. The Kier molecular flexibility index (Phi) is 5.48. The summed E-state index contributed by atoms with van der Waals surface area (Å²) in [6.07, 6.45) is 0. The van der Waals surface area contributed by atoms with Gasteiger partial charge in [0.1, 0.15) is 11.6 Å². The number of hydrogen-bond acceptors (Lipinski definition) is 5. The normalized spacial score (nSPS) is 14.9. The van der Waals surface area contributed by atoms with Crippen LogP contribution in [0.2, 0.25) is 0 Å². The van der Waals surface area contributed by atoms with Crippen molar-refractivity contribution >= 4 is 17.5 Å². The monoisotopic (exact) mass is 377 g/mol. The molecule has 0 unspecified atom stereocenters. The summed E-state index contributed by atoms with van der Waals surface area (Å²) in [4.78, 5) is 14.2. The third-order valence-corrected chi connectivity index (χ3v) is 5.03. The zero-order valence-electron chi connectivity index (χ0n) is 16.0. The Morgan fingerprint density at radius 2 is 1.64 bits per heavy atom. The van der Waals surface area contributed by atoms with Crippen LogP contribution in [0.4, 0.5) is 21.8 Å². The van der Waals surface area contributed by atoms with Gasteiger partial charge < -0.3 is 15.1 Å². The summed E-state index contributed by atoms with van der Waals surface area (Å²) in [6.45, 7) is 7.21. The van der Waals surface area contributed by atoms with Crippen molar-refractivity contribution in [2.45, 2.75) is 6.92 Å². The third-order valence-electron chi connectivity index (χ3n) is 5.03. The average Bonchev–Trinajstić information content (AvgIpc) is 2.76. The van der Waals surface area contributed by atoms with E-state index >= 15 is 0 Å². The van der Waals surface area contributed by atoms with E-state index in [-0.39, 0.29) is 5.82 Å². The van der Waals surface area contributed by atoms with E-state index in [1.807, 2.05) is 36.4 Å². The van der Waals surface area contributed by atoms with Crippen molar-refractivity contribution in [3.05, 3.63) is 66.5 Å². The second-order valence-electron chi connectivity index (χ2n) is 6.85. The molecule has 0 saturated carbocycles. The van der Waals surface area contributed by atoms with Crippen LogP contribution in [-0.4, -0.2) is 47.6 Å². The molecule has 2 heterocycles. The summed E-state index contributed by atoms with van der Waals surface area (Å²) in [7, 11) is 0. The van der Waals surface area contributed by atoms with Gasteiger partial charge in [-0.1, -0.05) is 37.3 Å². The number of benzene rings is 2. The summed E-state index contributed by atoms with van der Waals surface area (Å²) in [5.74, 6) is 1.16. The van der Waals surface area contributed by atoms with Crippen molar-refractivity contribution in [2.75, 3.05) is 42.9 Å². The van der Waals surface area contributed by atoms with Gasteiger partial charge in [0.15, 0.2) is 0 Å². The van der Waals surface area contributed by atoms with Crippen molar-refractivity contribution in [2.24, 2.45) is 0 Å². The van der Waals surface area contributed by atoms with E-state index in [1.165, 1.54) is 12.1 Å². The van der Waals surface area contributed by atoms with E-state index in [0.717, 1.165) is 55.5 Å². The molecule has 4 rings (SSSR count). The molecule has 5 nitrogen and oxygen atoms in total. The zero-order chi connectivity index (χ0) is 19.3. The molecule has 0 amide bonds. The molecule has 6 heteroatoms. The molecule has 1 saturated heterocycles. The maximum Gasteiger partial charge on any atom is 0.229 e. The predicted octanol–water partition coefficient (Wildman–Crippen LogP) is 4.17. The fraction of sp³-hybridized carbons (Fsp3) is 0.273. The molecule has 2 aromatic carbocycles. The molecular weight excluding hydrogens is 353 g/mol. The van der Waals surface area contributed by atoms with Gasteiger partial charge in [-0.05, 0) is 30.8 Å². The second-order valence-corrected chi connectivity index (χ2v) is 6.85. The minimum absolute atomic E-state index is 0.265. The van der Waals surface area contributed by atoms with E-state index in [0.29, 0.717) is 5.95 Å². The number of nitrogens with one attached hydrogen (secondary N) is 1. The Balaban J connectivity index is 1.66. The van der Waals surface area contributed by atoms with Gasteiger partial charge in [-0.25, -0.2) is 9.37 Å². The third kappa shape index (κ3) is 4.28. The molecule has 28 heavy (non-hydrogen) atoms. The van der Waals surface area contributed by atoms with E-state index in [4.69, 9.17) is 9.97 Å². The molecule has 0 atom stereocenters. The summed E-state index contributed by atoms with van der Waals surface area (Å²) >= 11 is 0. The minimum atomic E-state index is -0.265. The molecule has 0 spiro atoms. The van der Waals surface area contributed by atoms with E-state index in [9.17, 15) is 4.39 Å². The van der Waals surface area contributed by atoms with Crippen LogP contribution in [0.15, 0.2) is 60.7 Å². The maximum absolute atomic E-state index is 13.2. The summed E-state index contributed by atoms with van der Waals surface area (Å²) in [6, 6.07) is 18.4. The molecule has 0 bridgehead atoms. The first kappa shape index (κ1) is 18.4. The second kappa shape index (κ2) is 8.35. The SMILES string of the molecule is CCN1CCN(c2cc(-c3ccccc3)nc(Nc3ccc(F)cc3)n2)CC1. The lowest BCUT2D eigenvalue weighted by molar-refractivity contribution is 0.270. The Bertz CT molecular complexity index is 906. The van der Waals surface area contributed by atoms with Crippen LogP contribution >= 0.6 is 0 Å². The Hall–Kier alpha value is -2.99. The van der Waals surface area contributed by atoms with Crippen LogP contribution in [0.1, 0.15) is 6.92 Å². The van der Waals surface area contributed by atoms with Gasteiger partial charge >= 0.3 is 0 Å². The highest BCUT2D eigenvalue weighted by atomic mass is 19.1. The molecule has 1 aliphatic rings. The van der Waals surface area contributed by atoms with Crippen LogP contribution in [-0.2, 0) is 0 Å². The van der Waals surface area contributed by atoms with Crippen molar-refractivity contribution in [1.29, 1.82) is 0 Å². The van der Waals surface area contributed by atoms with Crippen molar-refractivity contribution < 1.29 is 4.39 Å². The first-order chi connectivity index (χ1) is 13.7. The summed E-state index contributed by atoms with van der Waals surface area (Å²) < 4.78 is 13.2. The lowest BCUT2D eigenvalue weighted by atomic mass is 10.1. The highest BCUT2D eigenvalue weighted by Crippen LogP contribution is 2.25. The topological polar surface area (TPSA) is 44.3 Å². The molecule has 1 aromatic heterocycles. The molecule has 0 aliphatic carbocycles. The van der Waals surface area contributed by atoms with Crippen LogP contribution in [0.3, 0.4) is 0 Å². The van der Waals surface area contributed by atoms with Gasteiger partial charge in [0.2, 0.25) is 5.95 Å². The molecule has 3 aromatic rings. The fourth-order valence-corrected chi connectivity index (χ4v) is 3.36. The Labute approximate surface area is 164 Å². The summed E-state index contributed by atoms with van der Waals surface area (Å²) in [5.41, 5.74) is 2.67. The highest BCUT2D eigenvalue weighted by Gasteiger charge is 2.18. The van der Waals surface area contributed by atoms with Crippen LogP contribution < -0.4 is 10.2 Å². The largest absolute Gasteiger partial charge is 0.354 e. The molecule has 1 fully saturated rings. The van der Waals surface area contributed by atoms with Gasteiger partial charge in [-0.15, -0.1) is 0 Å². The number of aromatic nitrogens is 2. The number of halogens is 1. The quantitative estimate of drug-likeness (QED) is 0.723. The van der Waals surface area contributed by atoms with Gasteiger partial charge in [-0.3, -0.25) is 0 Å². The van der Waals surface area contributed by atoms with Gasteiger partial charge in [0.05, 0.1) is 5.69 Å². The zero-order valence-corrected chi connectivity index (χ0v) is 16.0. The van der Waals surface area contributed by atoms with E-state index in [1.54, 1.807) is 12.1 Å². The number of hydrogen-bond donors (Lipinski definition) is 1. The lowest BCUT2D eigenvalue weighted by Crippen LogP contribution is -2.46. The molecular formula is C22H24FN5. The molecule has 1 aliphatic heterocycles. The number of likely N-dealkylation sites (N-methyl/N-ethyl adjacent to an activating group) is 1. The standard InChI is InChI=1S/C22H24FN5/c1-2-27-12-14-28(15-13-27)21-16-20(17-6-4-3-5-7-17)25-22(26-21)24-19-10-8-18(23)9-11-19/h3-11,16H,2,12-15H2,1H3,(H,24,25,26). The first-order valence-electron chi connectivity index (χ1n) is 9.65. The van der Waals surface area contributed by atoms with Gasteiger partial charge in [-0.2, -0.15) is 4.98 Å². The van der Waals surface area contributed by atoms with Gasteiger partial charge in [0, 0.05) is 43.5 Å². The first-order valence-corrected chi connectivity index (χ1v) is 9.65. The fourth-order valence-electron chi connectivity index (χ4n) is 3.36. The number of piperazine rings is 1. The number of anilines is 3. The maximum atomic E-state index is 13.2. The number of rotatable bonds is 5. The smallest absolute Gasteiger partial charge is 0.229 e. The van der Waals surface area contributed by atoms with E-state index in [2.05, 4.69) is 22.0 Å².